The fraction of sp³-hybridized carbons (Fsp3) is 0.174. The molecule has 8 heteroatoms. The predicted molar refractivity (Wildman–Crippen MR) is 126 cm³/mol. The zero-order valence-electron chi connectivity index (χ0n) is 16.9. The van der Waals surface area contributed by atoms with Gasteiger partial charge in [-0.2, -0.15) is 0 Å². The maximum atomic E-state index is 13.3. The Morgan fingerprint density at radius 2 is 1.55 bits per heavy atom. The first kappa shape index (κ1) is 23.1. The van der Waals surface area contributed by atoms with Crippen LogP contribution in [0.5, 0.6) is 0 Å². The van der Waals surface area contributed by atoms with E-state index in [0.717, 1.165) is 5.56 Å². The monoisotopic (exact) mass is 476 g/mol. The van der Waals surface area contributed by atoms with Crippen molar-refractivity contribution in [2.45, 2.75) is 18.2 Å². The summed E-state index contributed by atoms with van der Waals surface area (Å²) >= 11 is 12.5. The molecular formula is C23H22Cl2N2O3S. The molecule has 0 aliphatic carbocycles. The minimum atomic E-state index is -4.01. The molecule has 0 aromatic heterocycles. The summed E-state index contributed by atoms with van der Waals surface area (Å²) in [6.45, 7) is 2.31. The summed E-state index contributed by atoms with van der Waals surface area (Å²) in [7, 11) is -4.01. The van der Waals surface area contributed by atoms with Crippen molar-refractivity contribution in [1.82, 2.24) is 5.32 Å². The van der Waals surface area contributed by atoms with Gasteiger partial charge in [-0.1, -0.05) is 71.7 Å². The Bertz CT molecular complexity index is 1150. The van der Waals surface area contributed by atoms with Crippen molar-refractivity contribution in [3.8, 4) is 0 Å². The summed E-state index contributed by atoms with van der Waals surface area (Å²) in [5.74, 6) is -0.461. The topological polar surface area (TPSA) is 66.5 Å². The average Bonchev–Trinajstić information content (AvgIpc) is 2.75. The molecular weight excluding hydrogens is 455 g/mol. The number of benzene rings is 3. The molecule has 0 heterocycles. The number of carbonyl (C=O) groups excluding carboxylic acids is 1. The van der Waals surface area contributed by atoms with Gasteiger partial charge in [0.25, 0.3) is 15.9 Å². The van der Waals surface area contributed by atoms with Gasteiger partial charge in [0.15, 0.2) is 0 Å². The minimum absolute atomic E-state index is 0.0415. The molecule has 31 heavy (non-hydrogen) atoms. The van der Waals surface area contributed by atoms with E-state index in [0.29, 0.717) is 18.7 Å². The molecule has 1 amide bonds. The van der Waals surface area contributed by atoms with Gasteiger partial charge in [0.05, 0.1) is 21.3 Å². The lowest BCUT2D eigenvalue weighted by atomic mass is 10.1. The number of anilines is 1. The number of hydrogen-bond acceptors (Lipinski definition) is 3. The molecule has 0 radical (unpaired) electrons. The smallest absolute Gasteiger partial charge is 0.265 e. The van der Waals surface area contributed by atoms with Gasteiger partial charge in [0, 0.05) is 13.1 Å². The molecule has 0 fully saturated rings. The van der Waals surface area contributed by atoms with Crippen LogP contribution in [0.2, 0.25) is 10.0 Å². The van der Waals surface area contributed by atoms with Gasteiger partial charge < -0.3 is 5.32 Å². The van der Waals surface area contributed by atoms with E-state index in [-0.39, 0.29) is 27.0 Å². The van der Waals surface area contributed by atoms with Gasteiger partial charge in [-0.3, -0.25) is 9.10 Å². The van der Waals surface area contributed by atoms with Crippen molar-refractivity contribution >= 4 is 44.8 Å². The van der Waals surface area contributed by atoms with Crippen molar-refractivity contribution in [3.05, 3.63) is 94.0 Å². The molecule has 5 nitrogen and oxygen atoms in total. The van der Waals surface area contributed by atoms with E-state index in [1.165, 1.54) is 16.4 Å². The standard InChI is InChI=1S/C23H22Cl2N2O3S/c1-2-27(18-11-7-4-8-12-18)31(29,30)22-15-19(20(24)16-21(22)25)23(28)26-14-13-17-9-5-3-6-10-17/h3-12,15-16H,2,13-14H2,1H3,(H,26,28). The Kier molecular flexibility index (Phi) is 7.59. The highest BCUT2D eigenvalue weighted by Crippen LogP contribution is 2.32. The van der Waals surface area contributed by atoms with Crippen LogP contribution in [0, 0.1) is 0 Å². The second kappa shape index (κ2) is 10.2. The Hall–Kier alpha value is -2.54. The molecule has 0 bridgehead atoms. The number of hydrogen-bond donors (Lipinski definition) is 1. The van der Waals surface area contributed by atoms with Crippen LogP contribution in [0.3, 0.4) is 0 Å². The first-order chi connectivity index (χ1) is 14.8. The second-order valence-corrected chi connectivity index (χ2v) is 9.40. The molecule has 1 N–H and O–H groups in total. The third-order valence-corrected chi connectivity index (χ3v) is 7.39. The summed E-state index contributed by atoms with van der Waals surface area (Å²) in [4.78, 5) is 12.5. The molecule has 0 atom stereocenters. The SMILES string of the molecule is CCN(c1ccccc1)S(=O)(=O)c1cc(C(=O)NCCc2ccccc2)c(Cl)cc1Cl. The van der Waals surface area contributed by atoms with Crippen LogP contribution in [0.25, 0.3) is 0 Å². The number of carbonyl (C=O) groups is 1. The predicted octanol–water partition coefficient (Wildman–Crippen LogP) is 5.18. The van der Waals surface area contributed by atoms with E-state index in [9.17, 15) is 13.2 Å². The summed E-state index contributed by atoms with van der Waals surface area (Å²) in [6, 6.07) is 20.9. The van der Waals surface area contributed by atoms with E-state index in [1.54, 1.807) is 37.3 Å². The molecule has 0 saturated heterocycles. The van der Waals surface area contributed by atoms with Crippen LogP contribution in [-0.2, 0) is 16.4 Å². The van der Waals surface area contributed by atoms with Crippen LogP contribution in [-0.4, -0.2) is 27.4 Å². The fourth-order valence-electron chi connectivity index (χ4n) is 3.17. The van der Waals surface area contributed by atoms with Gasteiger partial charge >= 0.3 is 0 Å². The molecule has 0 aliphatic rings. The molecule has 0 aliphatic heterocycles. The number of nitrogens with one attached hydrogen (secondary N) is 1. The van der Waals surface area contributed by atoms with Gasteiger partial charge in [-0.25, -0.2) is 8.42 Å². The summed E-state index contributed by atoms with van der Waals surface area (Å²) in [6.07, 6.45) is 0.639. The van der Waals surface area contributed by atoms with Crippen LogP contribution in [0.4, 0.5) is 5.69 Å². The highest BCUT2D eigenvalue weighted by Gasteiger charge is 2.28. The number of amides is 1. The van der Waals surface area contributed by atoms with E-state index in [4.69, 9.17) is 23.2 Å². The molecule has 162 valence electrons. The summed E-state index contributed by atoms with van der Waals surface area (Å²) in [5.41, 5.74) is 1.64. The van der Waals surface area contributed by atoms with E-state index >= 15 is 0 Å². The van der Waals surface area contributed by atoms with E-state index in [1.807, 2.05) is 30.3 Å². The van der Waals surface area contributed by atoms with Crippen LogP contribution < -0.4 is 9.62 Å². The van der Waals surface area contributed by atoms with Crippen molar-refractivity contribution in [2.24, 2.45) is 0 Å². The van der Waals surface area contributed by atoms with Gasteiger partial charge in [-0.05, 0) is 43.2 Å². The zero-order valence-corrected chi connectivity index (χ0v) is 19.2. The second-order valence-electron chi connectivity index (χ2n) is 6.76. The number of rotatable bonds is 8. The Morgan fingerprint density at radius 3 is 2.16 bits per heavy atom. The lowest BCUT2D eigenvalue weighted by Crippen LogP contribution is -2.31. The van der Waals surface area contributed by atoms with Crippen LogP contribution in [0.15, 0.2) is 77.7 Å². The number of nitrogens with zero attached hydrogens (tertiary/aromatic N) is 1. The van der Waals surface area contributed by atoms with Crippen LogP contribution in [0.1, 0.15) is 22.8 Å². The minimum Gasteiger partial charge on any atom is -0.352 e. The normalized spacial score (nSPS) is 11.2. The number of sulfonamides is 1. The number of halogens is 2. The number of para-hydroxylation sites is 1. The van der Waals surface area contributed by atoms with E-state index < -0.39 is 15.9 Å². The maximum absolute atomic E-state index is 13.3. The van der Waals surface area contributed by atoms with Crippen molar-refractivity contribution in [3.63, 3.8) is 0 Å². The molecule has 0 saturated carbocycles. The molecule has 3 aromatic carbocycles. The van der Waals surface area contributed by atoms with Crippen molar-refractivity contribution < 1.29 is 13.2 Å². The zero-order chi connectivity index (χ0) is 22.4. The van der Waals surface area contributed by atoms with E-state index in [2.05, 4.69) is 5.32 Å². The third kappa shape index (κ3) is 5.39. The van der Waals surface area contributed by atoms with Gasteiger partial charge in [0.2, 0.25) is 0 Å². The van der Waals surface area contributed by atoms with Crippen molar-refractivity contribution in [2.75, 3.05) is 17.4 Å². The average molecular weight is 477 g/mol. The van der Waals surface area contributed by atoms with Crippen LogP contribution >= 0.6 is 23.2 Å². The Labute approximate surface area is 192 Å². The van der Waals surface area contributed by atoms with Gasteiger partial charge in [-0.15, -0.1) is 0 Å². The molecule has 3 aromatic rings. The molecule has 3 rings (SSSR count). The molecule has 0 spiro atoms. The third-order valence-electron chi connectivity index (χ3n) is 4.71. The highest BCUT2D eigenvalue weighted by atomic mass is 35.5. The quantitative estimate of drug-likeness (QED) is 0.486. The Balaban J connectivity index is 1.87. The molecule has 0 unspecified atom stereocenters. The summed E-state index contributed by atoms with van der Waals surface area (Å²) < 4.78 is 27.9. The fourth-order valence-corrected chi connectivity index (χ4v) is 5.48. The Morgan fingerprint density at radius 1 is 0.935 bits per heavy atom. The summed E-state index contributed by atoms with van der Waals surface area (Å²) in [5, 5.41) is 2.83. The maximum Gasteiger partial charge on any atom is 0.265 e. The highest BCUT2D eigenvalue weighted by molar-refractivity contribution is 7.93. The lowest BCUT2D eigenvalue weighted by molar-refractivity contribution is 0.0954. The first-order valence-electron chi connectivity index (χ1n) is 9.73. The van der Waals surface area contributed by atoms with Crippen molar-refractivity contribution in [1.29, 1.82) is 0 Å². The van der Waals surface area contributed by atoms with Gasteiger partial charge in [0.1, 0.15) is 4.90 Å². The largest absolute Gasteiger partial charge is 0.352 e. The first-order valence-corrected chi connectivity index (χ1v) is 11.9. The lowest BCUT2D eigenvalue weighted by Gasteiger charge is -2.24.